The van der Waals surface area contributed by atoms with Crippen LogP contribution in [0.1, 0.15) is 42.4 Å². The van der Waals surface area contributed by atoms with E-state index in [0.717, 1.165) is 6.20 Å². The van der Waals surface area contributed by atoms with Crippen LogP contribution >= 0.6 is 0 Å². The summed E-state index contributed by atoms with van der Waals surface area (Å²) in [6.07, 6.45) is -6.41. The molecule has 4 aromatic rings. The molecule has 0 saturated carbocycles. The molecule has 0 radical (unpaired) electrons. The number of aryl methyl sites for hydroxylation is 1. The Bertz CT molecular complexity index is 1550. The van der Waals surface area contributed by atoms with Gasteiger partial charge in [0.15, 0.2) is 17.2 Å². The topological polar surface area (TPSA) is 150 Å². The van der Waals surface area contributed by atoms with Crippen molar-refractivity contribution in [3.05, 3.63) is 47.6 Å². The molecule has 0 spiro atoms. The lowest BCUT2D eigenvalue weighted by atomic mass is 9.81. The molecule has 17 heteroatoms. The minimum atomic E-state index is -4.72. The predicted molar refractivity (Wildman–Crippen MR) is 117 cm³/mol. The summed E-state index contributed by atoms with van der Waals surface area (Å²) < 4.78 is 78.0. The number of fused-ring (bicyclic) bond motifs is 2. The van der Waals surface area contributed by atoms with Gasteiger partial charge in [-0.3, -0.25) is 9.78 Å². The summed E-state index contributed by atoms with van der Waals surface area (Å²) in [5.74, 6) is -0.960. The number of carbonyl (C=O) groups excluding carboxylic acids is 1. The third kappa shape index (κ3) is 4.32. The number of nitrogens with zero attached hydrogens (tertiary/aromatic N) is 8. The van der Waals surface area contributed by atoms with Crippen LogP contribution in [0.3, 0.4) is 0 Å². The SMILES string of the molecule is CC1(c2cnc(C(F)(F)F)cn2)C(=O)Nc2nc(-c3cn4ncnc4c(CCCC(F)(F)F)n3)nc(N)c21. The molecule has 0 aromatic carbocycles. The van der Waals surface area contributed by atoms with Crippen LogP contribution in [0.4, 0.5) is 38.0 Å². The van der Waals surface area contributed by atoms with Gasteiger partial charge in [0, 0.05) is 6.42 Å². The Morgan fingerprint density at radius 2 is 1.82 bits per heavy atom. The summed E-state index contributed by atoms with van der Waals surface area (Å²) in [6.45, 7) is 1.39. The van der Waals surface area contributed by atoms with Crippen LogP contribution in [0.2, 0.25) is 0 Å². The molecule has 5 heterocycles. The highest BCUT2D eigenvalue weighted by Crippen LogP contribution is 2.44. The largest absolute Gasteiger partial charge is 0.434 e. The van der Waals surface area contributed by atoms with Crippen molar-refractivity contribution in [2.45, 2.75) is 44.0 Å². The van der Waals surface area contributed by atoms with Gasteiger partial charge in [-0.05, 0) is 19.8 Å². The first-order chi connectivity index (χ1) is 17.8. The van der Waals surface area contributed by atoms with E-state index in [1.807, 2.05) is 0 Å². The maximum Gasteiger partial charge on any atom is 0.434 e. The quantitative estimate of drug-likeness (QED) is 0.366. The number of nitrogen functional groups attached to an aromatic ring is 1. The second-order valence-electron chi connectivity index (χ2n) is 8.59. The average Bonchev–Trinajstić information content (AvgIpc) is 3.40. The van der Waals surface area contributed by atoms with E-state index in [4.69, 9.17) is 5.73 Å². The molecule has 0 fully saturated rings. The number of carbonyl (C=O) groups is 1. The molecular formula is C21H16F6N10O. The number of halogens is 6. The lowest BCUT2D eigenvalue weighted by Gasteiger charge is -2.22. The third-order valence-electron chi connectivity index (χ3n) is 6.01. The fourth-order valence-corrected chi connectivity index (χ4v) is 4.12. The van der Waals surface area contributed by atoms with Gasteiger partial charge in [0.2, 0.25) is 5.91 Å². The predicted octanol–water partition coefficient (Wildman–Crippen LogP) is 3.12. The highest BCUT2D eigenvalue weighted by atomic mass is 19.4. The molecule has 5 rings (SSSR count). The summed E-state index contributed by atoms with van der Waals surface area (Å²) in [5, 5.41) is 6.54. The van der Waals surface area contributed by atoms with Gasteiger partial charge in [-0.2, -0.15) is 31.4 Å². The number of anilines is 2. The van der Waals surface area contributed by atoms with Gasteiger partial charge in [0.1, 0.15) is 29.1 Å². The molecule has 38 heavy (non-hydrogen) atoms. The van der Waals surface area contributed by atoms with E-state index in [-0.39, 0.29) is 58.6 Å². The van der Waals surface area contributed by atoms with Gasteiger partial charge in [0.25, 0.3) is 0 Å². The second-order valence-corrected chi connectivity index (χ2v) is 8.59. The van der Waals surface area contributed by atoms with Gasteiger partial charge in [-0.15, -0.1) is 0 Å². The molecule has 1 aliphatic heterocycles. The van der Waals surface area contributed by atoms with Crippen LogP contribution in [0, 0.1) is 0 Å². The van der Waals surface area contributed by atoms with Crippen molar-refractivity contribution in [2.24, 2.45) is 0 Å². The highest BCUT2D eigenvalue weighted by Gasteiger charge is 2.49. The molecule has 0 aliphatic carbocycles. The molecule has 3 N–H and O–H groups in total. The molecule has 198 valence electrons. The van der Waals surface area contributed by atoms with Crippen molar-refractivity contribution < 1.29 is 31.1 Å². The van der Waals surface area contributed by atoms with Crippen molar-refractivity contribution in [1.29, 1.82) is 0 Å². The Morgan fingerprint density at radius 3 is 2.47 bits per heavy atom. The van der Waals surface area contributed by atoms with Crippen molar-refractivity contribution >= 4 is 23.2 Å². The first-order valence-corrected chi connectivity index (χ1v) is 10.9. The van der Waals surface area contributed by atoms with E-state index >= 15 is 0 Å². The second kappa shape index (κ2) is 8.56. The fraction of sp³-hybridized carbons (Fsp3) is 0.333. The zero-order valence-electron chi connectivity index (χ0n) is 19.3. The lowest BCUT2D eigenvalue weighted by molar-refractivity contribution is -0.141. The summed E-state index contributed by atoms with van der Waals surface area (Å²) in [7, 11) is 0. The van der Waals surface area contributed by atoms with Crippen LogP contribution in [0.5, 0.6) is 0 Å². The minimum Gasteiger partial charge on any atom is -0.383 e. The first kappa shape index (κ1) is 25.2. The molecule has 1 amide bonds. The molecule has 0 bridgehead atoms. The molecule has 0 saturated heterocycles. The third-order valence-corrected chi connectivity index (χ3v) is 6.01. The Kier molecular flexibility index (Phi) is 5.68. The molecule has 1 aliphatic rings. The number of nitrogens with one attached hydrogen (secondary N) is 1. The Morgan fingerprint density at radius 1 is 1.05 bits per heavy atom. The maximum absolute atomic E-state index is 13.0. The molecular weight excluding hydrogens is 522 g/mol. The van der Waals surface area contributed by atoms with Crippen LogP contribution in [0.25, 0.3) is 17.2 Å². The van der Waals surface area contributed by atoms with E-state index < -0.39 is 35.8 Å². The molecule has 1 atom stereocenters. The summed E-state index contributed by atoms with van der Waals surface area (Å²) in [6, 6.07) is 0. The summed E-state index contributed by atoms with van der Waals surface area (Å²) in [5.41, 5.74) is 3.84. The monoisotopic (exact) mass is 538 g/mol. The van der Waals surface area contributed by atoms with Crippen LogP contribution in [-0.2, 0) is 22.8 Å². The Balaban J connectivity index is 1.54. The van der Waals surface area contributed by atoms with E-state index in [9.17, 15) is 31.1 Å². The summed E-state index contributed by atoms with van der Waals surface area (Å²) in [4.78, 5) is 37.1. The normalized spacial score (nSPS) is 17.6. The lowest BCUT2D eigenvalue weighted by Crippen LogP contribution is -2.34. The van der Waals surface area contributed by atoms with Crippen LogP contribution < -0.4 is 11.1 Å². The number of hydrogen-bond acceptors (Lipinski definition) is 9. The summed E-state index contributed by atoms with van der Waals surface area (Å²) >= 11 is 0. The standard InChI is InChI=1S/C21H16F6N10O/c1-19(11-5-30-12(6-29-11)21(25,26)27)13-14(28)34-15(35-16(13)36-18(19)38)10-7-37-17(31-8-32-37)9(33-10)3-2-4-20(22,23)24/h5-8H,2-4H2,1H3,(H3,28,34,35,36,38). The van der Waals surface area contributed by atoms with Crippen molar-refractivity contribution in [1.82, 2.24) is 39.5 Å². The smallest absolute Gasteiger partial charge is 0.383 e. The number of alkyl halides is 6. The van der Waals surface area contributed by atoms with Crippen LogP contribution in [0.15, 0.2) is 24.9 Å². The number of amides is 1. The van der Waals surface area contributed by atoms with E-state index in [2.05, 4.69) is 40.3 Å². The van der Waals surface area contributed by atoms with E-state index in [0.29, 0.717) is 6.20 Å². The van der Waals surface area contributed by atoms with E-state index in [1.54, 1.807) is 0 Å². The number of rotatable bonds is 5. The Labute approximate surface area is 208 Å². The number of hydrogen-bond donors (Lipinski definition) is 2. The van der Waals surface area contributed by atoms with Gasteiger partial charge in [0.05, 0.1) is 35.5 Å². The maximum atomic E-state index is 13.0. The van der Waals surface area contributed by atoms with Crippen LogP contribution in [-0.4, -0.2) is 51.6 Å². The zero-order chi connectivity index (χ0) is 27.5. The molecule has 11 nitrogen and oxygen atoms in total. The molecule has 1 unspecified atom stereocenters. The van der Waals surface area contributed by atoms with Gasteiger partial charge in [-0.1, -0.05) is 0 Å². The van der Waals surface area contributed by atoms with Gasteiger partial charge >= 0.3 is 12.4 Å². The van der Waals surface area contributed by atoms with Gasteiger partial charge in [-0.25, -0.2) is 29.4 Å². The Hall–Kier alpha value is -4.44. The van der Waals surface area contributed by atoms with Crippen molar-refractivity contribution in [3.63, 3.8) is 0 Å². The minimum absolute atomic E-state index is 0.0270. The van der Waals surface area contributed by atoms with E-state index in [1.165, 1.54) is 24.0 Å². The fourth-order valence-electron chi connectivity index (χ4n) is 4.12. The highest BCUT2D eigenvalue weighted by molar-refractivity contribution is 6.08. The zero-order valence-corrected chi connectivity index (χ0v) is 19.3. The number of nitrogens with two attached hydrogens (primary N) is 1. The van der Waals surface area contributed by atoms with Crippen molar-refractivity contribution in [3.8, 4) is 11.5 Å². The van der Waals surface area contributed by atoms with Crippen molar-refractivity contribution in [2.75, 3.05) is 11.1 Å². The average molecular weight is 538 g/mol. The molecule has 4 aromatic heterocycles. The number of aromatic nitrogens is 8. The van der Waals surface area contributed by atoms with Gasteiger partial charge < -0.3 is 11.1 Å². The first-order valence-electron chi connectivity index (χ1n) is 10.9.